The van der Waals surface area contributed by atoms with Crippen LogP contribution in [0.4, 0.5) is 0 Å². The lowest BCUT2D eigenvalue weighted by Gasteiger charge is -2.40. The van der Waals surface area contributed by atoms with E-state index in [2.05, 4.69) is 4.90 Å². The van der Waals surface area contributed by atoms with Crippen molar-refractivity contribution in [3.63, 3.8) is 0 Å². The van der Waals surface area contributed by atoms with Gasteiger partial charge in [0.15, 0.2) is 0 Å². The summed E-state index contributed by atoms with van der Waals surface area (Å²) in [5, 5.41) is 0. The second-order valence-electron chi connectivity index (χ2n) is 7.17. The minimum Gasteiger partial charge on any atom is -0.340 e. The number of hydrogen-bond acceptors (Lipinski definition) is 3. The molecule has 1 amide bonds. The van der Waals surface area contributed by atoms with Gasteiger partial charge in [0.1, 0.15) is 0 Å². The zero-order valence-corrected chi connectivity index (χ0v) is 12.7. The smallest absolute Gasteiger partial charge is 0.240 e. The Morgan fingerprint density at radius 3 is 2.37 bits per heavy atom. The third-order valence-corrected chi connectivity index (χ3v) is 4.56. The second kappa shape index (κ2) is 5.80. The lowest BCUT2D eigenvalue weighted by molar-refractivity contribution is -0.137. The number of likely N-dealkylation sites (tertiary alicyclic amines) is 2. The Bertz CT molecular complexity index is 318. The molecular weight excluding hydrogens is 238 g/mol. The number of piperidine rings is 1. The SMILES string of the molecule is CC(C)(C)[C@@H](N)C(=O)N1CCCC(N2CCCC2)C1. The van der Waals surface area contributed by atoms with Crippen molar-refractivity contribution < 1.29 is 4.79 Å². The summed E-state index contributed by atoms with van der Waals surface area (Å²) in [6, 6.07) is 0.178. The maximum absolute atomic E-state index is 12.5. The third kappa shape index (κ3) is 3.48. The van der Waals surface area contributed by atoms with Crippen LogP contribution in [0.1, 0.15) is 46.5 Å². The van der Waals surface area contributed by atoms with Crippen molar-refractivity contribution in [2.75, 3.05) is 26.2 Å². The van der Waals surface area contributed by atoms with E-state index in [0.29, 0.717) is 6.04 Å². The minimum absolute atomic E-state index is 0.136. The number of carbonyl (C=O) groups excluding carboxylic acids is 1. The normalized spacial score (nSPS) is 27.6. The topological polar surface area (TPSA) is 49.6 Å². The fourth-order valence-corrected chi connectivity index (χ4v) is 3.13. The van der Waals surface area contributed by atoms with Crippen LogP contribution in [0.5, 0.6) is 0 Å². The number of nitrogens with zero attached hydrogens (tertiary/aromatic N) is 2. The lowest BCUT2D eigenvalue weighted by Crippen LogP contribution is -2.56. The van der Waals surface area contributed by atoms with Gasteiger partial charge >= 0.3 is 0 Å². The lowest BCUT2D eigenvalue weighted by atomic mass is 9.86. The predicted molar refractivity (Wildman–Crippen MR) is 77.8 cm³/mol. The van der Waals surface area contributed by atoms with Gasteiger partial charge in [0, 0.05) is 19.1 Å². The van der Waals surface area contributed by atoms with Gasteiger partial charge in [0.2, 0.25) is 5.91 Å². The average molecular weight is 267 g/mol. The molecule has 0 aliphatic carbocycles. The summed E-state index contributed by atoms with van der Waals surface area (Å²) in [5.41, 5.74) is 5.96. The van der Waals surface area contributed by atoms with Crippen molar-refractivity contribution in [3.05, 3.63) is 0 Å². The molecule has 2 N–H and O–H groups in total. The molecule has 0 radical (unpaired) electrons. The molecule has 0 aromatic heterocycles. The molecule has 110 valence electrons. The molecule has 2 fully saturated rings. The van der Waals surface area contributed by atoms with E-state index in [1.54, 1.807) is 0 Å². The van der Waals surface area contributed by atoms with Gasteiger partial charge in [-0.25, -0.2) is 0 Å². The Kier molecular flexibility index (Phi) is 4.51. The summed E-state index contributed by atoms with van der Waals surface area (Å²) in [7, 11) is 0. The molecule has 0 spiro atoms. The van der Waals surface area contributed by atoms with Crippen LogP contribution in [0.15, 0.2) is 0 Å². The highest BCUT2D eigenvalue weighted by Gasteiger charge is 2.35. The highest BCUT2D eigenvalue weighted by molar-refractivity contribution is 5.82. The zero-order valence-electron chi connectivity index (χ0n) is 12.7. The van der Waals surface area contributed by atoms with Gasteiger partial charge in [0.05, 0.1) is 6.04 Å². The van der Waals surface area contributed by atoms with Gasteiger partial charge in [-0.3, -0.25) is 9.69 Å². The van der Waals surface area contributed by atoms with Gasteiger partial charge in [0.25, 0.3) is 0 Å². The molecule has 2 rings (SSSR count). The van der Waals surface area contributed by atoms with Crippen LogP contribution < -0.4 is 5.73 Å². The van der Waals surface area contributed by atoms with Crippen LogP contribution in [0, 0.1) is 5.41 Å². The first-order valence-electron chi connectivity index (χ1n) is 7.68. The molecule has 2 aliphatic rings. The van der Waals surface area contributed by atoms with E-state index < -0.39 is 0 Å². The third-order valence-electron chi connectivity index (χ3n) is 4.56. The van der Waals surface area contributed by atoms with Crippen molar-refractivity contribution in [3.8, 4) is 0 Å². The molecule has 0 bridgehead atoms. The van der Waals surface area contributed by atoms with Crippen LogP contribution >= 0.6 is 0 Å². The summed E-state index contributed by atoms with van der Waals surface area (Å²) in [5.74, 6) is 0.136. The van der Waals surface area contributed by atoms with E-state index in [-0.39, 0.29) is 17.4 Å². The Balaban J connectivity index is 1.95. The van der Waals surface area contributed by atoms with E-state index >= 15 is 0 Å². The maximum Gasteiger partial charge on any atom is 0.240 e. The van der Waals surface area contributed by atoms with Gasteiger partial charge in [-0.05, 0) is 44.2 Å². The quantitative estimate of drug-likeness (QED) is 0.824. The zero-order chi connectivity index (χ0) is 14.0. The van der Waals surface area contributed by atoms with Crippen molar-refractivity contribution >= 4 is 5.91 Å². The van der Waals surface area contributed by atoms with Gasteiger partial charge in [-0.2, -0.15) is 0 Å². The average Bonchev–Trinajstić information content (AvgIpc) is 2.90. The maximum atomic E-state index is 12.5. The number of rotatable bonds is 2. The number of carbonyl (C=O) groups is 1. The number of nitrogens with two attached hydrogens (primary N) is 1. The summed E-state index contributed by atoms with van der Waals surface area (Å²) >= 11 is 0. The second-order valence-corrected chi connectivity index (χ2v) is 7.17. The molecule has 1 unspecified atom stereocenters. The van der Waals surface area contributed by atoms with E-state index in [0.717, 1.165) is 19.5 Å². The van der Waals surface area contributed by atoms with Crippen LogP contribution in [0.3, 0.4) is 0 Å². The monoisotopic (exact) mass is 267 g/mol. The summed E-state index contributed by atoms with van der Waals surface area (Å²) in [6.45, 7) is 10.3. The Hall–Kier alpha value is -0.610. The van der Waals surface area contributed by atoms with Crippen LogP contribution in [0.2, 0.25) is 0 Å². The summed E-state index contributed by atoms with van der Waals surface area (Å²) in [4.78, 5) is 17.0. The van der Waals surface area contributed by atoms with Crippen molar-refractivity contribution in [1.82, 2.24) is 9.80 Å². The van der Waals surface area contributed by atoms with Crippen molar-refractivity contribution in [2.45, 2.75) is 58.5 Å². The van der Waals surface area contributed by atoms with Crippen LogP contribution in [-0.4, -0.2) is 54.0 Å². The Morgan fingerprint density at radius 2 is 1.79 bits per heavy atom. The first-order valence-corrected chi connectivity index (χ1v) is 7.68. The molecule has 0 aromatic rings. The molecular formula is C15H29N3O. The van der Waals surface area contributed by atoms with Gasteiger partial charge in [-0.15, -0.1) is 0 Å². The highest BCUT2D eigenvalue weighted by atomic mass is 16.2. The van der Waals surface area contributed by atoms with Gasteiger partial charge in [-0.1, -0.05) is 20.8 Å². The molecule has 2 atom stereocenters. The van der Waals surface area contributed by atoms with Crippen LogP contribution in [-0.2, 0) is 4.79 Å². The molecule has 2 aliphatic heterocycles. The fourth-order valence-electron chi connectivity index (χ4n) is 3.13. The fraction of sp³-hybridized carbons (Fsp3) is 0.933. The largest absolute Gasteiger partial charge is 0.340 e. The molecule has 0 saturated carbocycles. The molecule has 0 aromatic carbocycles. The first kappa shape index (κ1) is 14.8. The molecule has 4 nitrogen and oxygen atoms in total. The number of hydrogen-bond donors (Lipinski definition) is 1. The Morgan fingerprint density at radius 1 is 1.16 bits per heavy atom. The van der Waals surface area contributed by atoms with Crippen molar-refractivity contribution in [2.24, 2.45) is 11.1 Å². The van der Waals surface area contributed by atoms with E-state index in [9.17, 15) is 4.79 Å². The van der Waals surface area contributed by atoms with E-state index in [1.807, 2.05) is 25.7 Å². The Labute approximate surface area is 117 Å². The van der Waals surface area contributed by atoms with E-state index in [1.165, 1.54) is 32.4 Å². The highest BCUT2D eigenvalue weighted by Crippen LogP contribution is 2.24. The summed E-state index contributed by atoms with van der Waals surface area (Å²) in [6.07, 6.45) is 4.97. The van der Waals surface area contributed by atoms with E-state index in [4.69, 9.17) is 5.73 Å². The van der Waals surface area contributed by atoms with Crippen LogP contribution in [0.25, 0.3) is 0 Å². The minimum atomic E-state index is -0.384. The predicted octanol–water partition coefficient (Wildman–Crippen LogP) is 1.45. The standard InChI is InChI=1S/C15H29N3O/c1-15(2,3)13(16)14(19)18-10-6-7-12(11-18)17-8-4-5-9-17/h12-13H,4-11,16H2,1-3H3/t12?,13-/m0/s1. The van der Waals surface area contributed by atoms with Gasteiger partial charge < -0.3 is 10.6 Å². The summed E-state index contributed by atoms with van der Waals surface area (Å²) < 4.78 is 0. The number of amides is 1. The first-order chi connectivity index (χ1) is 8.89. The molecule has 19 heavy (non-hydrogen) atoms. The molecule has 2 saturated heterocycles. The molecule has 2 heterocycles. The molecule has 4 heteroatoms. The van der Waals surface area contributed by atoms with Crippen molar-refractivity contribution in [1.29, 1.82) is 0 Å².